The summed E-state index contributed by atoms with van der Waals surface area (Å²) in [6, 6.07) is 10.4. The maximum absolute atomic E-state index is 15.5. The molecule has 0 bridgehead atoms. The van der Waals surface area contributed by atoms with E-state index in [1.807, 2.05) is 0 Å². The second-order valence-corrected chi connectivity index (χ2v) is 10.6. The van der Waals surface area contributed by atoms with Gasteiger partial charge in [-0.1, -0.05) is 35.3 Å². The van der Waals surface area contributed by atoms with Crippen LogP contribution in [0.5, 0.6) is 0 Å². The molecule has 2 atom stereocenters. The molecule has 204 valence electrons. The summed E-state index contributed by atoms with van der Waals surface area (Å²) in [5.41, 5.74) is 0.675. The Balaban J connectivity index is 1.62. The van der Waals surface area contributed by atoms with Crippen LogP contribution in [0, 0.1) is 31.9 Å². The van der Waals surface area contributed by atoms with Crippen molar-refractivity contribution in [3.63, 3.8) is 0 Å². The third kappa shape index (κ3) is 5.23. The molecule has 8 nitrogen and oxygen atoms in total. The first-order valence-electron chi connectivity index (χ1n) is 12.6. The molecule has 12 heteroatoms. The zero-order chi connectivity index (χ0) is 27.8. The van der Waals surface area contributed by atoms with Crippen LogP contribution in [0.25, 0.3) is 0 Å². The van der Waals surface area contributed by atoms with E-state index in [2.05, 4.69) is 0 Å². The van der Waals surface area contributed by atoms with Gasteiger partial charge in [-0.15, -0.1) is 0 Å². The molecule has 0 amide bonds. The van der Waals surface area contributed by atoms with Crippen LogP contribution in [-0.4, -0.2) is 22.9 Å². The molecule has 2 aliphatic heterocycles. The van der Waals surface area contributed by atoms with Gasteiger partial charge in [0, 0.05) is 30.9 Å². The summed E-state index contributed by atoms with van der Waals surface area (Å²) in [6.45, 7) is 1.12. The Bertz CT molecular complexity index is 1360. The molecule has 2 aliphatic rings. The van der Waals surface area contributed by atoms with Crippen LogP contribution in [0.1, 0.15) is 55.3 Å². The molecular weight excluding hydrogens is 553 g/mol. The summed E-state index contributed by atoms with van der Waals surface area (Å²) in [6.07, 6.45) is 3.65. The smallest absolute Gasteiger partial charge is 0.288 e. The number of piperidine rings is 1. The summed E-state index contributed by atoms with van der Waals surface area (Å²) in [5.74, 6) is -1.42. The summed E-state index contributed by atoms with van der Waals surface area (Å²) in [7, 11) is 0. The largest absolute Gasteiger partial charge is 0.367 e. The molecule has 0 saturated carbocycles. The Morgan fingerprint density at radius 1 is 0.744 bits per heavy atom. The van der Waals surface area contributed by atoms with Crippen LogP contribution in [0.3, 0.4) is 0 Å². The van der Waals surface area contributed by atoms with Crippen molar-refractivity contribution in [2.45, 2.75) is 44.2 Å². The van der Waals surface area contributed by atoms with E-state index in [4.69, 9.17) is 23.2 Å². The molecular formula is C27H24Cl2F2N4O4. The highest BCUT2D eigenvalue weighted by atomic mass is 35.5. The summed E-state index contributed by atoms with van der Waals surface area (Å²) < 4.78 is 31.1. The number of nitro groups is 2. The van der Waals surface area contributed by atoms with Gasteiger partial charge in [-0.3, -0.25) is 20.2 Å². The number of halogens is 4. The van der Waals surface area contributed by atoms with Gasteiger partial charge >= 0.3 is 0 Å². The van der Waals surface area contributed by atoms with Crippen LogP contribution in [0.2, 0.25) is 10.0 Å². The fraction of sp³-hybridized carbons (Fsp3) is 0.333. The molecule has 0 radical (unpaired) electrons. The van der Waals surface area contributed by atoms with Crippen molar-refractivity contribution in [2.75, 3.05) is 22.9 Å². The van der Waals surface area contributed by atoms with E-state index in [0.29, 0.717) is 37.1 Å². The molecule has 0 aliphatic carbocycles. The van der Waals surface area contributed by atoms with Gasteiger partial charge in [0.15, 0.2) is 11.6 Å². The topological polar surface area (TPSA) is 92.8 Å². The normalized spacial score (nSPS) is 19.4. The van der Waals surface area contributed by atoms with Crippen molar-refractivity contribution < 1.29 is 18.6 Å². The van der Waals surface area contributed by atoms with E-state index >= 15 is 8.78 Å². The fourth-order valence-electron chi connectivity index (χ4n) is 5.70. The molecule has 0 spiro atoms. The lowest BCUT2D eigenvalue weighted by Crippen LogP contribution is -2.31. The molecule has 2 unspecified atom stereocenters. The molecule has 0 aromatic heterocycles. The van der Waals surface area contributed by atoms with Crippen molar-refractivity contribution in [1.29, 1.82) is 0 Å². The van der Waals surface area contributed by atoms with Gasteiger partial charge < -0.3 is 9.80 Å². The highest BCUT2D eigenvalue weighted by molar-refractivity contribution is 6.33. The van der Waals surface area contributed by atoms with Crippen molar-refractivity contribution in [1.82, 2.24) is 0 Å². The molecule has 3 aromatic rings. The van der Waals surface area contributed by atoms with Gasteiger partial charge in [0.2, 0.25) is 0 Å². The van der Waals surface area contributed by atoms with Gasteiger partial charge in [0.25, 0.3) is 11.4 Å². The maximum Gasteiger partial charge on any atom is 0.288 e. The minimum atomic E-state index is -0.708. The van der Waals surface area contributed by atoms with E-state index in [1.165, 1.54) is 36.4 Å². The Labute approximate surface area is 233 Å². The molecule has 0 N–H and O–H groups in total. The standard InChI is InChI=1S/C27H24Cl2F2N4O4/c28-19-6-4-16(12-25(19)34(36)37)23-8-9-24(17-5-7-20(29)26(13-17)35(38)39)33(23)18-14-21(30)27(22(31)15-18)32-10-2-1-3-11-32/h4-7,12-15,23-24H,1-3,8-11H2. The molecule has 39 heavy (non-hydrogen) atoms. The van der Waals surface area contributed by atoms with Gasteiger partial charge in [0.1, 0.15) is 15.7 Å². The highest BCUT2D eigenvalue weighted by Gasteiger charge is 2.38. The van der Waals surface area contributed by atoms with E-state index in [-0.39, 0.29) is 32.8 Å². The molecule has 5 rings (SSSR count). The number of rotatable bonds is 6. The zero-order valence-electron chi connectivity index (χ0n) is 20.7. The number of hydrogen-bond donors (Lipinski definition) is 0. The average molecular weight is 577 g/mol. The minimum absolute atomic E-state index is 0.0267. The predicted molar refractivity (Wildman–Crippen MR) is 146 cm³/mol. The quantitative estimate of drug-likeness (QED) is 0.217. The Hall–Kier alpha value is -3.50. The van der Waals surface area contributed by atoms with Gasteiger partial charge in [-0.25, -0.2) is 8.78 Å². The van der Waals surface area contributed by atoms with Crippen LogP contribution >= 0.6 is 23.2 Å². The number of nitro benzene ring substituents is 2. The second-order valence-electron chi connectivity index (χ2n) is 9.76. The van der Waals surface area contributed by atoms with E-state index < -0.39 is 33.6 Å². The third-order valence-corrected chi connectivity index (χ3v) is 8.10. The van der Waals surface area contributed by atoms with Gasteiger partial charge in [-0.05, 0) is 67.5 Å². The van der Waals surface area contributed by atoms with E-state index in [0.717, 1.165) is 19.3 Å². The lowest BCUT2D eigenvalue weighted by Gasteiger charge is -2.35. The zero-order valence-corrected chi connectivity index (χ0v) is 22.2. The van der Waals surface area contributed by atoms with Crippen molar-refractivity contribution in [3.8, 4) is 0 Å². The monoisotopic (exact) mass is 576 g/mol. The van der Waals surface area contributed by atoms with Crippen molar-refractivity contribution in [2.24, 2.45) is 0 Å². The van der Waals surface area contributed by atoms with Gasteiger partial charge in [0.05, 0.1) is 21.9 Å². The summed E-state index contributed by atoms with van der Waals surface area (Å²) in [4.78, 5) is 25.4. The first-order chi connectivity index (χ1) is 18.7. The second kappa shape index (κ2) is 10.9. The van der Waals surface area contributed by atoms with E-state index in [9.17, 15) is 20.2 Å². The lowest BCUT2D eigenvalue weighted by atomic mass is 10.0. The minimum Gasteiger partial charge on any atom is -0.367 e. The molecule has 2 saturated heterocycles. The summed E-state index contributed by atoms with van der Waals surface area (Å²) in [5, 5.41) is 23.1. The Morgan fingerprint density at radius 2 is 1.21 bits per heavy atom. The first-order valence-corrected chi connectivity index (χ1v) is 13.3. The van der Waals surface area contributed by atoms with Gasteiger partial charge in [-0.2, -0.15) is 0 Å². The molecule has 2 heterocycles. The number of nitrogens with zero attached hydrogens (tertiary/aromatic N) is 4. The average Bonchev–Trinajstić information content (AvgIpc) is 3.34. The Kier molecular flexibility index (Phi) is 7.59. The SMILES string of the molecule is O=[N+]([O-])c1cc(C2CCC(c3ccc(Cl)c([N+](=O)[O-])c3)N2c2cc(F)c(N3CCCCC3)c(F)c2)ccc1Cl. The number of anilines is 2. The Morgan fingerprint density at radius 3 is 1.64 bits per heavy atom. The van der Waals surface area contributed by atoms with Crippen molar-refractivity contribution in [3.05, 3.63) is 102 Å². The third-order valence-electron chi connectivity index (χ3n) is 7.46. The number of hydrogen-bond acceptors (Lipinski definition) is 6. The lowest BCUT2D eigenvalue weighted by molar-refractivity contribution is -0.384. The van der Waals surface area contributed by atoms with Crippen LogP contribution in [0.15, 0.2) is 48.5 Å². The first kappa shape index (κ1) is 27.1. The molecule has 2 fully saturated rings. The highest BCUT2D eigenvalue weighted by Crippen LogP contribution is 2.49. The van der Waals surface area contributed by atoms with Crippen molar-refractivity contribution >= 4 is 46.0 Å². The molecule has 3 aromatic carbocycles. The predicted octanol–water partition coefficient (Wildman–Crippen LogP) is 8.16. The summed E-state index contributed by atoms with van der Waals surface area (Å²) >= 11 is 12.1. The van der Waals surface area contributed by atoms with Crippen LogP contribution in [-0.2, 0) is 0 Å². The number of benzene rings is 3. The van der Waals surface area contributed by atoms with Crippen LogP contribution in [0.4, 0.5) is 31.5 Å². The van der Waals surface area contributed by atoms with Crippen LogP contribution < -0.4 is 9.80 Å². The maximum atomic E-state index is 15.5. The fourth-order valence-corrected chi connectivity index (χ4v) is 6.07. The van der Waals surface area contributed by atoms with E-state index in [1.54, 1.807) is 21.9 Å².